The smallest absolute Gasteiger partial charge is 0.346 e. The molecule has 0 spiro atoms. The zero-order chi connectivity index (χ0) is 6.00. The van der Waals surface area contributed by atoms with Gasteiger partial charge in [-0.25, -0.2) is 0 Å². The Hall–Kier alpha value is 1.12. The molecular weight excluding hydrogens is 134 g/mol. The molecule has 0 heterocycles. The standard InChI is InChI=1S/3C2H5.Li.Mn/c3*1-2;;/h3*1H2,2H3;;/q3*-1;;+3. The summed E-state index contributed by atoms with van der Waals surface area (Å²) in [5.74, 6) is 0. The van der Waals surface area contributed by atoms with Gasteiger partial charge in [0.1, 0.15) is 0 Å². The minimum absolute atomic E-state index is 0. The van der Waals surface area contributed by atoms with Crippen molar-refractivity contribution in [3.05, 3.63) is 20.8 Å². The number of hydrogen-bond donors (Lipinski definition) is 0. The van der Waals surface area contributed by atoms with Gasteiger partial charge in [0.25, 0.3) is 0 Å². The monoisotopic (exact) mass is 149 g/mol. The maximum absolute atomic E-state index is 3.25. The van der Waals surface area contributed by atoms with Crippen LogP contribution in [0.15, 0.2) is 0 Å². The van der Waals surface area contributed by atoms with Gasteiger partial charge in [0.05, 0.1) is 0 Å². The van der Waals surface area contributed by atoms with E-state index in [1.807, 2.05) is 0 Å². The Kier molecular flexibility index (Phi) is 1460. The molecule has 0 saturated carbocycles. The Balaban J connectivity index is -0.00000000500. The molecule has 8 heavy (non-hydrogen) atoms. The maximum atomic E-state index is 3.25. The van der Waals surface area contributed by atoms with Gasteiger partial charge >= 0.3 is 17.1 Å². The molecule has 0 rings (SSSR count). The summed E-state index contributed by atoms with van der Waals surface area (Å²) >= 11 is 0. The maximum Gasteiger partial charge on any atom is 3.00 e. The van der Waals surface area contributed by atoms with Gasteiger partial charge in [0.2, 0.25) is 0 Å². The molecule has 1 radical (unpaired) electrons. The molecule has 0 atom stereocenters. The van der Waals surface area contributed by atoms with Gasteiger partial charge < -0.3 is 20.8 Å². The van der Waals surface area contributed by atoms with Crippen LogP contribution in [-0.4, -0.2) is 18.9 Å². The second-order valence-electron chi connectivity index (χ2n) is 0. The molecule has 0 aromatic heterocycles. The van der Waals surface area contributed by atoms with Crippen molar-refractivity contribution in [2.24, 2.45) is 0 Å². The Morgan fingerprint density at radius 1 is 0.625 bits per heavy atom. The van der Waals surface area contributed by atoms with Crippen LogP contribution < -0.4 is 0 Å². The van der Waals surface area contributed by atoms with Crippen LogP contribution in [0.4, 0.5) is 0 Å². The van der Waals surface area contributed by atoms with Gasteiger partial charge in [-0.3, -0.25) is 0 Å². The average Bonchev–Trinajstić information content (AvgIpc) is 1.81. The first-order valence-corrected chi connectivity index (χ1v) is 2.12. The van der Waals surface area contributed by atoms with Gasteiger partial charge in [0, 0.05) is 18.9 Å². The second-order valence-corrected chi connectivity index (χ2v) is 0. The SMILES string of the molecule is [CH2-]C.[CH2-]C.[CH2-]C.[Li].[Mn+3]. The molecule has 0 unspecified atom stereocenters. The van der Waals surface area contributed by atoms with E-state index in [0.717, 1.165) is 0 Å². The van der Waals surface area contributed by atoms with Crippen LogP contribution >= 0.6 is 0 Å². The van der Waals surface area contributed by atoms with Gasteiger partial charge in [-0.15, -0.1) is 0 Å². The number of hydrogen-bond acceptors (Lipinski definition) is 0. The van der Waals surface area contributed by atoms with E-state index >= 15 is 0 Å². The van der Waals surface area contributed by atoms with Crippen LogP contribution in [0.25, 0.3) is 0 Å². The average molecular weight is 149 g/mol. The molecule has 0 nitrogen and oxygen atoms in total. The van der Waals surface area contributed by atoms with E-state index in [1.165, 1.54) is 0 Å². The van der Waals surface area contributed by atoms with E-state index in [-0.39, 0.29) is 35.9 Å². The zero-order valence-corrected chi connectivity index (χ0v) is 7.68. The molecular formula is C6H15LiMn. The van der Waals surface area contributed by atoms with Crippen molar-refractivity contribution in [3.63, 3.8) is 0 Å². The zero-order valence-electron chi connectivity index (χ0n) is 6.50. The van der Waals surface area contributed by atoms with Gasteiger partial charge in [-0.05, 0) is 0 Å². The first-order valence-electron chi connectivity index (χ1n) is 2.12. The Bertz CT molecular complexity index is 8.49. The minimum atomic E-state index is 0. The van der Waals surface area contributed by atoms with Crippen LogP contribution in [0.3, 0.4) is 0 Å². The van der Waals surface area contributed by atoms with Crippen LogP contribution in [0.5, 0.6) is 0 Å². The summed E-state index contributed by atoms with van der Waals surface area (Å²) < 4.78 is 0. The summed E-state index contributed by atoms with van der Waals surface area (Å²) in [4.78, 5) is 0. The molecule has 0 aromatic rings. The van der Waals surface area contributed by atoms with Gasteiger partial charge in [-0.2, -0.15) is 20.8 Å². The van der Waals surface area contributed by atoms with E-state index in [0.29, 0.717) is 0 Å². The molecule has 0 N–H and O–H groups in total. The Morgan fingerprint density at radius 3 is 0.625 bits per heavy atom. The van der Waals surface area contributed by atoms with Crippen LogP contribution in [0.2, 0.25) is 0 Å². The van der Waals surface area contributed by atoms with Crippen molar-refractivity contribution in [2.75, 3.05) is 0 Å². The summed E-state index contributed by atoms with van der Waals surface area (Å²) in [5, 5.41) is 0. The van der Waals surface area contributed by atoms with Crippen molar-refractivity contribution < 1.29 is 17.1 Å². The quantitative estimate of drug-likeness (QED) is 0.365. The summed E-state index contributed by atoms with van der Waals surface area (Å²) in [6.07, 6.45) is 0. The summed E-state index contributed by atoms with van der Waals surface area (Å²) in [7, 11) is 0. The van der Waals surface area contributed by atoms with Crippen molar-refractivity contribution in [3.8, 4) is 0 Å². The molecule has 47 valence electrons. The Morgan fingerprint density at radius 2 is 0.625 bits per heavy atom. The van der Waals surface area contributed by atoms with Gasteiger partial charge in [-0.1, -0.05) is 0 Å². The minimum Gasteiger partial charge on any atom is -0.346 e. The normalized spacial score (nSPS) is 2.25. The van der Waals surface area contributed by atoms with Crippen molar-refractivity contribution in [2.45, 2.75) is 20.8 Å². The Labute approximate surface area is 77.5 Å². The first-order chi connectivity index (χ1) is 3.00. The number of rotatable bonds is 0. The van der Waals surface area contributed by atoms with E-state index in [1.54, 1.807) is 20.8 Å². The van der Waals surface area contributed by atoms with E-state index < -0.39 is 0 Å². The molecule has 0 aromatic carbocycles. The van der Waals surface area contributed by atoms with Gasteiger partial charge in [0.15, 0.2) is 0 Å². The van der Waals surface area contributed by atoms with Crippen LogP contribution in [0.1, 0.15) is 20.8 Å². The molecule has 0 saturated heterocycles. The third kappa shape index (κ3) is 213. The molecule has 0 aliphatic carbocycles. The first kappa shape index (κ1) is 35.4. The fourth-order valence-corrected chi connectivity index (χ4v) is 0. The van der Waals surface area contributed by atoms with E-state index in [4.69, 9.17) is 0 Å². The summed E-state index contributed by atoms with van der Waals surface area (Å²) in [6, 6.07) is 0. The van der Waals surface area contributed by atoms with Crippen LogP contribution in [-0.2, 0) is 17.1 Å². The predicted molar refractivity (Wildman–Crippen MR) is 38.8 cm³/mol. The topological polar surface area (TPSA) is 0 Å². The molecule has 0 aliphatic heterocycles. The molecule has 0 fully saturated rings. The third-order valence-electron chi connectivity index (χ3n) is 0. The van der Waals surface area contributed by atoms with E-state index in [2.05, 4.69) is 20.8 Å². The largest absolute Gasteiger partial charge is 3.00 e. The fourth-order valence-electron chi connectivity index (χ4n) is 0. The van der Waals surface area contributed by atoms with Crippen LogP contribution in [0, 0.1) is 20.8 Å². The summed E-state index contributed by atoms with van der Waals surface area (Å²) in [6.45, 7) is 15.0. The predicted octanol–water partition coefficient (Wildman–Crippen LogP) is 2.14. The third-order valence-corrected chi connectivity index (χ3v) is 0. The molecule has 0 bridgehead atoms. The molecule has 0 aliphatic rings. The van der Waals surface area contributed by atoms with Crippen molar-refractivity contribution >= 4 is 18.9 Å². The summed E-state index contributed by atoms with van der Waals surface area (Å²) in [5.41, 5.74) is 0. The van der Waals surface area contributed by atoms with Crippen molar-refractivity contribution in [1.82, 2.24) is 0 Å². The van der Waals surface area contributed by atoms with Crippen molar-refractivity contribution in [1.29, 1.82) is 0 Å². The fraction of sp³-hybridized carbons (Fsp3) is 0.500. The molecule has 0 amide bonds. The van der Waals surface area contributed by atoms with E-state index in [9.17, 15) is 0 Å². The molecule has 2 heteroatoms. The second kappa shape index (κ2) is 330.